The van der Waals surface area contributed by atoms with E-state index >= 15 is 0 Å². The summed E-state index contributed by atoms with van der Waals surface area (Å²) >= 11 is 0. The number of nitrogens with zero attached hydrogens (tertiary/aromatic N) is 4. The van der Waals surface area contributed by atoms with Gasteiger partial charge in [0, 0.05) is 37.9 Å². The molecule has 10 heteroatoms. The standard InChI is InChI=1S/C21H27N5O3.2ClH/c1-13-11-16(15-3-2-7-22-12-15)29-21(28)18(13)20(27)25-8-6-17-23-19(14-4-5-14)24-26(17)10-9-25;;/h11,14-15,22H,2-10,12H2,1H3;2*1H. The predicted octanol–water partition coefficient (Wildman–Crippen LogP) is 2.43. The topological polar surface area (TPSA) is 93.3 Å². The van der Waals surface area contributed by atoms with Crippen LogP contribution in [0.1, 0.15) is 70.8 Å². The maximum Gasteiger partial charge on any atom is 0.349 e. The van der Waals surface area contributed by atoms with Crippen molar-refractivity contribution in [2.45, 2.75) is 57.4 Å². The molecule has 1 aliphatic carbocycles. The zero-order valence-corrected chi connectivity index (χ0v) is 19.3. The Hall–Kier alpha value is -1.90. The minimum Gasteiger partial charge on any atom is -0.427 e. The first-order chi connectivity index (χ1) is 14.1. The van der Waals surface area contributed by atoms with Crippen LogP contribution >= 0.6 is 24.8 Å². The Labute approximate surface area is 193 Å². The molecule has 4 heterocycles. The van der Waals surface area contributed by atoms with Gasteiger partial charge in [0.25, 0.3) is 5.91 Å². The number of aryl methyl sites for hydroxylation is 1. The highest BCUT2D eigenvalue weighted by molar-refractivity contribution is 5.95. The molecule has 3 aliphatic rings. The van der Waals surface area contributed by atoms with Crippen LogP contribution in [0.4, 0.5) is 0 Å². The average Bonchev–Trinajstić information content (AvgIpc) is 3.52. The number of amides is 1. The van der Waals surface area contributed by atoms with Crippen molar-refractivity contribution >= 4 is 30.7 Å². The first-order valence-electron chi connectivity index (χ1n) is 10.7. The lowest BCUT2D eigenvalue weighted by molar-refractivity contribution is 0.0752. The van der Waals surface area contributed by atoms with Gasteiger partial charge >= 0.3 is 5.63 Å². The van der Waals surface area contributed by atoms with E-state index in [1.54, 1.807) is 4.90 Å². The molecular formula is C21H29Cl2N5O3. The van der Waals surface area contributed by atoms with Gasteiger partial charge in [0.2, 0.25) is 0 Å². The molecule has 5 rings (SSSR count). The van der Waals surface area contributed by atoms with Gasteiger partial charge in [-0.3, -0.25) is 4.79 Å². The van der Waals surface area contributed by atoms with Crippen molar-refractivity contribution in [3.8, 4) is 0 Å². The van der Waals surface area contributed by atoms with Crippen LogP contribution in [0.15, 0.2) is 15.3 Å². The molecule has 1 saturated heterocycles. The van der Waals surface area contributed by atoms with Gasteiger partial charge < -0.3 is 14.6 Å². The molecule has 0 aromatic carbocycles. The van der Waals surface area contributed by atoms with Crippen LogP contribution in [-0.4, -0.2) is 51.8 Å². The van der Waals surface area contributed by atoms with Crippen molar-refractivity contribution in [2.24, 2.45) is 0 Å². The van der Waals surface area contributed by atoms with Crippen LogP contribution in [0.25, 0.3) is 0 Å². The lowest BCUT2D eigenvalue weighted by atomic mass is 9.95. The van der Waals surface area contributed by atoms with Crippen molar-refractivity contribution in [3.63, 3.8) is 0 Å². The highest BCUT2D eigenvalue weighted by Gasteiger charge is 2.31. The smallest absolute Gasteiger partial charge is 0.349 e. The number of hydrogen-bond donors (Lipinski definition) is 1. The molecule has 1 amide bonds. The molecule has 2 aliphatic heterocycles. The lowest BCUT2D eigenvalue weighted by Gasteiger charge is -2.23. The van der Waals surface area contributed by atoms with E-state index in [9.17, 15) is 9.59 Å². The summed E-state index contributed by atoms with van der Waals surface area (Å²) in [7, 11) is 0. The Morgan fingerprint density at radius 1 is 1.16 bits per heavy atom. The van der Waals surface area contributed by atoms with Crippen molar-refractivity contribution in [2.75, 3.05) is 26.2 Å². The fraction of sp³-hybridized carbons (Fsp3) is 0.619. The van der Waals surface area contributed by atoms with Gasteiger partial charge in [-0.25, -0.2) is 14.5 Å². The SMILES string of the molecule is Cc1cc(C2CCCNC2)oc(=O)c1C(=O)N1CCc2nc(C3CC3)nn2CC1.Cl.Cl. The van der Waals surface area contributed by atoms with Crippen LogP contribution in [-0.2, 0) is 13.0 Å². The Balaban J connectivity index is 0.00000136. The molecule has 2 aromatic heterocycles. The fourth-order valence-corrected chi connectivity index (χ4v) is 4.38. The van der Waals surface area contributed by atoms with Crippen LogP contribution in [0, 0.1) is 6.92 Å². The largest absolute Gasteiger partial charge is 0.427 e. The van der Waals surface area contributed by atoms with Gasteiger partial charge in [0.05, 0.1) is 6.54 Å². The van der Waals surface area contributed by atoms with Gasteiger partial charge in [0.15, 0.2) is 5.82 Å². The summed E-state index contributed by atoms with van der Waals surface area (Å²) in [5, 5.41) is 7.96. The highest BCUT2D eigenvalue weighted by Crippen LogP contribution is 2.38. The molecule has 1 saturated carbocycles. The zero-order valence-electron chi connectivity index (χ0n) is 17.6. The normalized spacial score (nSPS) is 20.8. The second-order valence-electron chi connectivity index (χ2n) is 8.46. The van der Waals surface area contributed by atoms with Gasteiger partial charge in [-0.15, -0.1) is 24.8 Å². The van der Waals surface area contributed by atoms with Crippen molar-refractivity contribution in [1.29, 1.82) is 0 Å². The minimum absolute atomic E-state index is 0. The number of fused-ring (bicyclic) bond motifs is 1. The van der Waals surface area contributed by atoms with Crippen molar-refractivity contribution in [3.05, 3.63) is 45.0 Å². The third-order valence-corrected chi connectivity index (χ3v) is 6.26. The first-order valence-corrected chi connectivity index (χ1v) is 10.7. The Morgan fingerprint density at radius 2 is 1.97 bits per heavy atom. The van der Waals surface area contributed by atoms with Crippen molar-refractivity contribution < 1.29 is 9.21 Å². The molecule has 2 aromatic rings. The second kappa shape index (κ2) is 9.71. The van der Waals surface area contributed by atoms with Crippen LogP contribution in [0.5, 0.6) is 0 Å². The molecule has 1 N–H and O–H groups in total. The summed E-state index contributed by atoms with van der Waals surface area (Å²) in [6, 6.07) is 1.87. The van der Waals surface area contributed by atoms with Crippen molar-refractivity contribution in [1.82, 2.24) is 25.0 Å². The summed E-state index contributed by atoms with van der Waals surface area (Å²) in [6.45, 7) is 5.30. The Kier molecular flexibility index (Phi) is 7.44. The molecule has 0 radical (unpaired) electrons. The Morgan fingerprint density at radius 3 is 2.65 bits per heavy atom. The van der Waals surface area contributed by atoms with Gasteiger partial charge in [-0.1, -0.05) is 0 Å². The second-order valence-corrected chi connectivity index (χ2v) is 8.46. The summed E-state index contributed by atoms with van der Waals surface area (Å²) in [5.74, 6) is 3.04. The average molecular weight is 470 g/mol. The van der Waals surface area contributed by atoms with E-state index in [1.807, 2.05) is 17.7 Å². The third kappa shape index (κ3) is 4.81. The lowest BCUT2D eigenvalue weighted by Crippen LogP contribution is -2.37. The van der Waals surface area contributed by atoms with Crippen LogP contribution < -0.4 is 10.9 Å². The monoisotopic (exact) mass is 469 g/mol. The van der Waals surface area contributed by atoms with E-state index in [0.717, 1.165) is 37.6 Å². The van der Waals surface area contributed by atoms with E-state index < -0.39 is 5.63 Å². The number of hydrogen-bond acceptors (Lipinski definition) is 6. The number of halogens is 2. The number of carbonyl (C=O) groups excluding carboxylic acids is 1. The van der Waals surface area contributed by atoms with E-state index in [1.165, 1.54) is 12.8 Å². The summed E-state index contributed by atoms with van der Waals surface area (Å²) in [6.07, 6.45) is 5.07. The number of rotatable bonds is 3. The molecule has 0 spiro atoms. The van der Waals surface area contributed by atoms with Gasteiger partial charge in [-0.05, 0) is 50.8 Å². The van der Waals surface area contributed by atoms with Crippen LogP contribution in [0.3, 0.4) is 0 Å². The molecule has 2 fully saturated rings. The predicted molar refractivity (Wildman–Crippen MR) is 121 cm³/mol. The summed E-state index contributed by atoms with van der Waals surface area (Å²) in [5.41, 5.74) is 0.332. The van der Waals surface area contributed by atoms with E-state index in [4.69, 9.17) is 4.42 Å². The quantitative estimate of drug-likeness (QED) is 0.741. The number of nitrogens with one attached hydrogen (secondary N) is 1. The third-order valence-electron chi connectivity index (χ3n) is 6.26. The summed E-state index contributed by atoms with van der Waals surface area (Å²) in [4.78, 5) is 32.2. The molecule has 0 bridgehead atoms. The number of aromatic nitrogens is 3. The summed E-state index contributed by atoms with van der Waals surface area (Å²) < 4.78 is 7.52. The van der Waals surface area contributed by atoms with E-state index in [-0.39, 0.29) is 42.2 Å². The molecular weight excluding hydrogens is 441 g/mol. The zero-order chi connectivity index (χ0) is 20.0. The number of piperidine rings is 1. The van der Waals surface area contributed by atoms with E-state index in [2.05, 4.69) is 15.4 Å². The van der Waals surface area contributed by atoms with Gasteiger partial charge in [-0.2, -0.15) is 5.10 Å². The minimum atomic E-state index is -0.522. The number of carbonyl (C=O) groups is 1. The molecule has 8 nitrogen and oxygen atoms in total. The molecule has 1 atom stereocenters. The fourth-order valence-electron chi connectivity index (χ4n) is 4.38. The molecule has 1 unspecified atom stereocenters. The van der Waals surface area contributed by atoms with Crippen LogP contribution in [0.2, 0.25) is 0 Å². The maximum absolute atomic E-state index is 13.1. The molecule has 170 valence electrons. The Bertz CT molecular complexity index is 970. The van der Waals surface area contributed by atoms with Gasteiger partial charge in [0.1, 0.15) is 17.1 Å². The van der Waals surface area contributed by atoms with E-state index in [0.29, 0.717) is 43.3 Å². The maximum atomic E-state index is 13.1. The highest BCUT2D eigenvalue weighted by atomic mass is 35.5. The molecule has 31 heavy (non-hydrogen) atoms. The first kappa shape index (κ1) is 23.8.